The van der Waals surface area contributed by atoms with Gasteiger partial charge in [-0.15, -0.1) is 12.4 Å². The number of aromatic nitrogens is 1. The van der Waals surface area contributed by atoms with Crippen molar-refractivity contribution in [3.8, 4) is 5.75 Å². The van der Waals surface area contributed by atoms with Gasteiger partial charge in [-0.25, -0.2) is 8.78 Å². The second-order valence-corrected chi connectivity index (χ2v) is 8.57. The Morgan fingerprint density at radius 1 is 1.30 bits per heavy atom. The fraction of sp³-hybridized carbons (Fsp3) is 0.409. The molecule has 4 rings (SSSR count). The summed E-state index contributed by atoms with van der Waals surface area (Å²) in [7, 11) is 0. The number of nitrogens with zero attached hydrogens (tertiary/aromatic N) is 2. The van der Waals surface area contributed by atoms with Gasteiger partial charge in [-0.1, -0.05) is 6.07 Å². The van der Waals surface area contributed by atoms with E-state index in [0.717, 1.165) is 6.07 Å². The molecule has 0 bridgehead atoms. The largest absolute Gasteiger partial charge is 0.503 e. The van der Waals surface area contributed by atoms with Crippen molar-refractivity contribution in [2.24, 2.45) is 5.92 Å². The molecule has 11 heteroatoms. The highest BCUT2D eigenvalue weighted by molar-refractivity contribution is 5.99. The number of aliphatic hydroxyl groups excluding tert-OH is 1. The number of carbonyl (C=O) groups is 2. The smallest absolute Gasteiger partial charge is 0.274 e. The Labute approximate surface area is 194 Å². The molecule has 178 valence electrons. The Bertz CT molecular complexity index is 1190. The van der Waals surface area contributed by atoms with Gasteiger partial charge in [-0.2, -0.15) is 0 Å². The number of carbonyl (C=O) groups excluding carboxylic acids is 2. The normalized spacial score (nSPS) is 21.1. The number of aliphatic hydroxyl groups is 1. The first-order valence-electron chi connectivity index (χ1n) is 10.2. The summed E-state index contributed by atoms with van der Waals surface area (Å²) in [5.41, 5.74) is -2.37. The van der Waals surface area contributed by atoms with Crippen LogP contribution in [0.1, 0.15) is 46.7 Å². The molecular formula is C22H24ClF2N3O5. The van der Waals surface area contributed by atoms with Gasteiger partial charge in [0.15, 0.2) is 11.4 Å². The fourth-order valence-electron chi connectivity index (χ4n) is 4.34. The van der Waals surface area contributed by atoms with Crippen LogP contribution in [-0.4, -0.2) is 50.7 Å². The molecule has 1 aromatic carbocycles. The first-order chi connectivity index (χ1) is 15.1. The number of nitrogens with one attached hydrogen (secondary N) is 1. The number of hydrogen-bond acceptors (Lipinski definition) is 5. The van der Waals surface area contributed by atoms with Gasteiger partial charge < -0.3 is 25.0 Å². The van der Waals surface area contributed by atoms with Crippen molar-refractivity contribution >= 4 is 24.2 Å². The first-order valence-corrected chi connectivity index (χ1v) is 10.2. The monoisotopic (exact) mass is 483 g/mol. The lowest BCUT2D eigenvalue weighted by Crippen LogP contribution is -2.52. The van der Waals surface area contributed by atoms with Crippen molar-refractivity contribution in [2.75, 3.05) is 13.2 Å². The van der Waals surface area contributed by atoms with E-state index in [-0.39, 0.29) is 55.3 Å². The standard InChI is InChI=1S/C22H23F2N3O5.ClH/c1-11(2)26-10-22(6-13(22)9-28)27-8-15(18(29)19(30)17(27)21(26)32)20(31)25-7-12-3-4-14(23)5-16(12)24;/h3-5,8,11,13,28,30H,6-7,9-10H2,1-2H3,(H,25,31);1H/t13-,22-;/m1./s1. The van der Waals surface area contributed by atoms with Crippen molar-refractivity contribution < 1.29 is 28.6 Å². The molecule has 2 heterocycles. The molecule has 2 atom stereocenters. The Hall–Kier alpha value is -2.98. The minimum Gasteiger partial charge on any atom is -0.503 e. The van der Waals surface area contributed by atoms with Crippen LogP contribution < -0.4 is 10.7 Å². The molecule has 1 saturated carbocycles. The number of benzene rings is 1. The summed E-state index contributed by atoms with van der Waals surface area (Å²) in [6.45, 7) is 3.42. The second-order valence-electron chi connectivity index (χ2n) is 8.57. The molecule has 1 aliphatic heterocycles. The minimum atomic E-state index is -1.02. The van der Waals surface area contributed by atoms with Crippen molar-refractivity contribution in [1.82, 2.24) is 14.8 Å². The van der Waals surface area contributed by atoms with Crippen molar-refractivity contribution in [3.05, 3.63) is 63.1 Å². The molecule has 3 N–H and O–H groups in total. The summed E-state index contributed by atoms with van der Waals surface area (Å²) >= 11 is 0. The molecule has 33 heavy (non-hydrogen) atoms. The number of aromatic hydroxyl groups is 1. The zero-order valence-electron chi connectivity index (χ0n) is 18.0. The molecule has 2 aliphatic rings. The summed E-state index contributed by atoms with van der Waals surface area (Å²) in [6, 6.07) is 2.70. The number of fused-ring (bicyclic) bond motifs is 2. The molecule has 1 aliphatic carbocycles. The fourth-order valence-corrected chi connectivity index (χ4v) is 4.34. The highest BCUT2D eigenvalue weighted by Crippen LogP contribution is 2.53. The van der Waals surface area contributed by atoms with Crippen LogP contribution in [0.2, 0.25) is 0 Å². The predicted octanol–water partition coefficient (Wildman–Crippen LogP) is 1.76. The highest BCUT2D eigenvalue weighted by atomic mass is 35.5. The molecule has 0 unspecified atom stereocenters. The second kappa shape index (κ2) is 8.75. The molecule has 8 nitrogen and oxygen atoms in total. The van der Waals surface area contributed by atoms with E-state index in [1.807, 2.05) is 13.8 Å². The lowest BCUT2D eigenvalue weighted by molar-refractivity contribution is 0.0551. The Morgan fingerprint density at radius 3 is 2.58 bits per heavy atom. The van der Waals surface area contributed by atoms with E-state index in [0.29, 0.717) is 12.5 Å². The van der Waals surface area contributed by atoms with E-state index >= 15 is 0 Å². The third kappa shape index (κ3) is 3.97. The summed E-state index contributed by atoms with van der Waals surface area (Å²) in [6.07, 6.45) is 1.73. The van der Waals surface area contributed by atoms with Gasteiger partial charge in [0.05, 0.1) is 5.54 Å². The topological polar surface area (TPSA) is 112 Å². The summed E-state index contributed by atoms with van der Waals surface area (Å²) in [4.78, 5) is 40.0. The van der Waals surface area contributed by atoms with E-state index in [1.54, 1.807) is 0 Å². The molecule has 0 saturated heterocycles. The lowest BCUT2D eigenvalue weighted by Gasteiger charge is -2.39. The van der Waals surface area contributed by atoms with Crippen molar-refractivity contribution in [1.29, 1.82) is 0 Å². The van der Waals surface area contributed by atoms with Crippen LogP contribution in [0.25, 0.3) is 0 Å². The van der Waals surface area contributed by atoms with Gasteiger partial charge in [-0.05, 0) is 26.3 Å². The molecular weight excluding hydrogens is 460 g/mol. The van der Waals surface area contributed by atoms with E-state index in [2.05, 4.69) is 5.32 Å². The lowest BCUT2D eigenvalue weighted by atomic mass is 10.0. The number of rotatable bonds is 5. The Balaban J connectivity index is 0.00000306. The maximum absolute atomic E-state index is 13.8. The molecule has 1 fully saturated rings. The van der Waals surface area contributed by atoms with Crippen LogP contribution >= 0.6 is 12.4 Å². The number of hydrogen-bond donors (Lipinski definition) is 3. The third-order valence-corrected chi connectivity index (χ3v) is 6.31. The summed E-state index contributed by atoms with van der Waals surface area (Å²) in [5.74, 6) is -4.07. The van der Waals surface area contributed by atoms with E-state index < -0.39 is 45.7 Å². The van der Waals surface area contributed by atoms with Crippen LogP contribution in [0.5, 0.6) is 5.75 Å². The quantitative estimate of drug-likeness (QED) is 0.600. The Morgan fingerprint density at radius 2 is 2.00 bits per heavy atom. The van der Waals surface area contributed by atoms with Crippen LogP contribution in [0, 0.1) is 17.6 Å². The zero-order chi connectivity index (χ0) is 23.4. The number of halogens is 3. The maximum atomic E-state index is 13.8. The zero-order valence-corrected chi connectivity index (χ0v) is 18.8. The van der Waals surface area contributed by atoms with Crippen LogP contribution in [0.3, 0.4) is 0 Å². The van der Waals surface area contributed by atoms with E-state index in [1.165, 1.54) is 21.7 Å². The van der Waals surface area contributed by atoms with Gasteiger partial charge in [0.1, 0.15) is 17.2 Å². The van der Waals surface area contributed by atoms with Gasteiger partial charge >= 0.3 is 0 Å². The van der Waals surface area contributed by atoms with Gasteiger partial charge in [0.25, 0.3) is 11.8 Å². The van der Waals surface area contributed by atoms with Crippen molar-refractivity contribution in [2.45, 2.75) is 38.4 Å². The number of pyridine rings is 1. The average Bonchev–Trinajstić information content (AvgIpc) is 3.45. The van der Waals surface area contributed by atoms with Gasteiger partial charge in [0, 0.05) is 49.5 Å². The summed E-state index contributed by atoms with van der Waals surface area (Å²) < 4.78 is 28.3. The van der Waals surface area contributed by atoms with Crippen LogP contribution in [-0.2, 0) is 12.1 Å². The van der Waals surface area contributed by atoms with E-state index in [4.69, 9.17) is 0 Å². The predicted molar refractivity (Wildman–Crippen MR) is 116 cm³/mol. The third-order valence-electron chi connectivity index (χ3n) is 6.31. The molecule has 1 spiro atoms. The van der Waals surface area contributed by atoms with Crippen LogP contribution in [0.4, 0.5) is 8.78 Å². The van der Waals surface area contributed by atoms with Crippen LogP contribution in [0.15, 0.2) is 29.2 Å². The van der Waals surface area contributed by atoms with Crippen molar-refractivity contribution in [3.63, 3.8) is 0 Å². The average molecular weight is 484 g/mol. The molecule has 0 radical (unpaired) electrons. The molecule has 1 aromatic heterocycles. The molecule has 2 aromatic rings. The van der Waals surface area contributed by atoms with Gasteiger partial charge in [-0.3, -0.25) is 14.4 Å². The SMILES string of the molecule is CC(C)N1C[C@@]2(C[C@@H]2CO)n2cc(C(=O)NCc3ccc(F)cc3F)c(=O)c(O)c2C1=O.Cl. The van der Waals surface area contributed by atoms with Gasteiger partial charge in [0.2, 0.25) is 5.43 Å². The maximum Gasteiger partial charge on any atom is 0.274 e. The minimum absolute atomic E-state index is 0. The number of amides is 2. The summed E-state index contributed by atoms with van der Waals surface area (Å²) in [5, 5.41) is 22.7. The highest BCUT2D eigenvalue weighted by Gasteiger charge is 2.60. The molecule has 2 amide bonds. The van der Waals surface area contributed by atoms with E-state index in [9.17, 15) is 33.4 Å². The first kappa shape index (κ1) is 24.7. The Kier molecular flexibility index (Phi) is 6.54.